The Balaban J connectivity index is 0.000000160. The zero-order valence-electron chi connectivity index (χ0n) is 23.6. The summed E-state index contributed by atoms with van der Waals surface area (Å²) >= 11 is 12.2. The molecule has 7 rings (SSSR count). The molecule has 0 fully saturated rings. The lowest BCUT2D eigenvalue weighted by Crippen LogP contribution is -2.25. The van der Waals surface area contributed by atoms with Crippen molar-refractivity contribution in [2.75, 3.05) is 13.2 Å². The minimum absolute atomic E-state index is 0.0128. The van der Waals surface area contributed by atoms with E-state index in [-0.39, 0.29) is 35.5 Å². The normalized spacial score (nSPS) is 14.6. The lowest BCUT2D eigenvalue weighted by Gasteiger charge is -2.16. The Bertz CT molecular complexity index is 2030. The number of halogens is 2. The standard InChI is InChI=1S/C16H14ClN3O4.C16H13ClN2O2/c17-12-5-3-4-11(15(12)20(23)24)16-18-13-6-1-2-7-14(13)19(16)8-10(22)9-21;17-12-5-3-4-11-15(12)21-10(9-20)8-19-14-7-2-1-6-13(14)18-16(11)19/h1-7,10,21-22H,8-9H2;1-7,10,20H,8-9H2. The molecule has 2 atom stereocenters. The summed E-state index contributed by atoms with van der Waals surface area (Å²) in [5, 5.41) is 40.5. The first-order valence-corrected chi connectivity index (χ1v) is 14.8. The van der Waals surface area contributed by atoms with Gasteiger partial charge in [0.1, 0.15) is 28.5 Å². The number of hydrogen-bond donors (Lipinski definition) is 3. The van der Waals surface area contributed by atoms with Gasteiger partial charge in [-0.3, -0.25) is 10.1 Å². The molecule has 13 heteroatoms. The smallest absolute Gasteiger partial charge is 0.298 e. The average molecular weight is 649 g/mol. The van der Waals surface area contributed by atoms with Crippen molar-refractivity contribution in [2.45, 2.75) is 25.3 Å². The van der Waals surface area contributed by atoms with Gasteiger partial charge in [0.25, 0.3) is 5.69 Å². The predicted octanol–water partition coefficient (Wildman–Crippen LogP) is 5.73. The third-order valence-corrected chi connectivity index (χ3v) is 8.01. The number of nitro benzene ring substituents is 1. The van der Waals surface area contributed by atoms with Crippen molar-refractivity contribution in [3.05, 3.63) is 105 Å². The number of fused-ring (bicyclic) bond motifs is 6. The molecule has 0 saturated heterocycles. The van der Waals surface area contributed by atoms with Gasteiger partial charge in [-0.25, -0.2) is 9.97 Å². The molecule has 0 radical (unpaired) electrons. The van der Waals surface area contributed by atoms with Crippen LogP contribution in [0, 0.1) is 10.1 Å². The summed E-state index contributed by atoms with van der Waals surface area (Å²) < 4.78 is 9.61. The lowest BCUT2D eigenvalue weighted by atomic mass is 10.1. The van der Waals surface area contributed by atoms with Crippen molar-refractivity contribution in [2.24, 2.45) is 0 Å². The molecule has 0 spiro atoms. The van der Waals surface area contributed by atoms with Crippen LogP contribution < -0.4 is 4.74 Å². The maximum absolute atomic E-state index is 11.4. The molecule has 11 nitrogen and oxygen atoms in total. The fourth-order valence-electron chi connectivity index (χ4n) is 5.39. The van der Waals surface area contributed by atoms with Crippen molar-refractivity contribution in [1.29, 1.82) is 0 Å². The van der Waals surface area contributed by atoms with E-state index < -0.39 is 17.6 Å². The third-order valence-electron chi connectivity index (χ3n) is 7.41. The van der Waals surface area contributed by atoms with Crippen LogP contribution in [0.2, 0.25) is 10.0 Å². The minimum Gasteiger partial charge on any atom is -0.484 e. The van der Waals surface area contributed by atoms with Crippen LogP contribution in [0.4, 0.5) is 5.69 Å². The van der Waals surface area contributed by atoms with E-state index in [2.05, 4.69) is 9.55 Å². The quantitative estimate of drug-likeness (QED) is 0.153. The number of benzene rings is 4. The van der Waals surface area contributed by atoms with Crippen LogP contribution >= 0.6 is 23.2 Å². The molecule has 0 aliphatic carbocycles. The Morgan fingerprint density at radius 3 is 2.18 bits per heavy atom. The maximum Gasteiger partial charge on any atom is 0.298 e. The molecular weight excluding hydrogens is 621 g/mol. The highest BCUT2D eigenvalue weighted by molar-refractivity contribution is 6.33. The number of nitrogens with zero attached hydrogens (tertiary/aromatic N) is 5. The number of aliphatic hydroxyl groups is 3. The van der Waals surface area contributed by atoms with E-state index in [0.29, 0.717) is 34.2 Å². The number of ether oxygens (including phenoxy) is 1. The molecule has 0 bridgehead atoms. The van der Waals surface area contributed by atoms with Crippen LogP contribution in [0.5, 0.6) is 5.75 Å². The van der Waals surface area contributed by atoms with Crippen LogP contribution in [-0.4, -0.2) is 64.8 Å². The molecule has 4 aromatic carbocycles. The van der Waals surface area contributed by atoms with Gasteiger partial charge < -0.3 is 29.2 Å². The summed E-state index contributed by atoms with van der Waals surface area (Å²) in [6, 6.07) is 25.4. The maximum atomic E-state index is 11.4. The van der Waals surface area contributed by atoms with Crippen LogP contribution in [0.3, 0.4) is 0 Å². The SMILES string of the molecule is O=[N+]([O-])c1c(Cl)cccc1-c1nc2ccccc2n1CC(O)CO.OCC1Cn2c(nc3ccccc32)-c2cccc(Cl)c2O1. The number of aromatic nitrogens is 4. The molecule has 0 saturated carbocycles. The topological polar surface area (TPSA) is 149 Å². The Kier molecular flexibility index (Phi) is 8.70. The van der Waals surface area contributed by atoms with E-state index in [1.165, 1.54) is 6.07 Å². The zero-order chi connectivity index (χ0) is 31.7. The summed E-state index contributed by atoms with van der Waals surface area (Å²) in [7, 11) is 0. The van der Waals surface area contributed by atoms with Gasteiger partial charge in [0.2, 0.25) is 0 Å². The van der Waals surface area contributed by atoms with Crippen LogP contribution in [0.25, 0.3) is 44.8 Å². The van der Waals surface area contributed by atoms with E-state index in [1.807, 2.05) is 42.5 Å². The van der Waals surface area contributed by atoms with E-state index in [0.717, 1.165) is 22.4 Å². The second kappa shape index (κ2) is 12.8. The van der Waals surface area contributed by atoms with Crippen molar-refractivity contribution in [3.8, 4) is 28.5 Å². The molecule has 2 aromatic heterocycles. The average Bonchev–Trinajstić information content (AvgIpc) is 3.54. The molecule has 2 unspecified atom stereocenters. The molecule has 45 heavy (non-hydrogen) atoms. The van der Waals surface area contributed by atoms with Gasteiger partial charge in [-0.2, -0.15) is 0 Å². The van der Waals surface area contributed by atoms with Crippen LogP contribution in [0.15, 0.2) is 84.9 Å². The first-order chi connectivity index (χ1) is 21.8. The number of imidazole rings is 2. The highest BCUT2D eigenvalue weighted by atomic mass is 35.5. The second-order valence-corrected chi connectivity index (χ2v) is 11.2. The summed E-state index contributed by atoms with van der Waals surface area (Å²) in [5.74, 6) is 1.73. The molecule has 1 aliphatic rings. The second-order valence-electron chi connectivity index (χ2n) is 10.3. The zero-order valence-corrected chi connectivity index (χ0v) is 25.1. The van der Waals surface area contributed by atoms with Gasteiger partial charge in [0.05, 0.1) is 75.5 Å². The third kappa shape index (κ3) is 5.84. The van der Waals surface area contributed by atoms with Gasteiger partial charge >= 0.3 is 0 Å². The Labute approximate surface area is 266 Å². The van der Waals surface area contributed by atoms with E-state index >= 15 is 0 Å². The molecule has 1 aliphatic heterocycles. The monoisotopic (exact) mass is 647 g/mol. The Hall–Kier alpha value is -4.52. The Morgan fingerprint density at radius 2 is 1.49 bits per heavy atom. The fraction of sp³-hybridized carbons (Fsp3) is 0.188. The van der Waals surface area contributed by atoms with Crippen molar-refractivity contribution < 1.29 is 25.0 Å². The number of nitro groups is 1. The molecule has 0 amide bonds. The van der Waals surface area contributed by atoms with E-state index in [4.69, 9.17) is 38.0 Å². The highest BCUT2D eigenvalue weighted by Gasteiger charge is 2.27. The number of aliphatic hydroxyl groups excluding tert-OH is 3. The summed E-state index contributed by atoms with van der Waals surface area (Å²) in [4.78, 5) is 20.0. The summed E-state index contributed by atoms with van der Waals surface area (Å²) in [6.45, 7) is 0.0908. The molecule has 6 aromatic rings. The van der Waals surface area contributed by atoms with Crippen molar-refractivity contribution in [1.82, 2.24) is 19.1 Å². The first-order valence-electron chi connectivity index (χ1n) is 14.0. The minimum atomic E-state index is -1.01. The number of rotatable bonds is 6. The van der Waals surface area contributed by atoms with Crippen molar-refractivity contribution in [3.63, 3.8) is 0 Å². The molecule has 230 valence electrons. The summed E-state index contributed by atoms with van der Waals surface area (Å²) in [5.41, 5.74) is 4.17. The number of para-hydroxylation sites is 6. The fourth-order valence-corrected chi connectivity index (χ4v) is 5.85. The van der Waals surface area contributed by atoms with E-state index in [9.17, 15) is 20.3 Å². The van der Waals surface area contributed by atoms with Crippen LogP contribution in [0.1, 0.15) is 0 Å². The Morgan fingerprint density at radius 1 is 0.867 bits per heavy atom. The van der Waals surface area contributed by atoms with Gasteiger partial charge in [-0.05, 0) is 48.5 Å². The van der Waals surface area contributed by atoms with Gasteiger partial charge in [-0.1, -0.05) is 59.6 Å². The van der Waals surface area contributed by atoms with Crippen molar-refractivity contribution >= 4 is 51.0 Å². The van der Waals surface area contributed by atoms with Gasteiger partial charge in [0.15, 0.2) is 0 Å². The molecule has 3 heterocycles. The van der Waals surface area contributed by atoms with Gasteiger partial charge in [-0.15, -0.1) is 0 Å². The predicted molar refractivity (Wildman–Crippen MR) is 172 cm³/mol. The molecule has 3 N–H and O–H groups in total. The summed E-state index contributed by atoms with van der Waals surface area (Å²) in [6.07, 6.45) is -1.36. The van der Waals surface area contributed by atoms with Gasteiger partial charge in [0, 0.05) is 0 Å². The lowest BCUT2D eigenvalue weighted by molar-refractivity contribution is -0.384. The largest absolute Gasteiger partial charge is 0.484 e. The highest BCUT2D eigenvalue weighted by Crippen LogP contribution is 2.40. The van der Waals surface area contributed by atoms with Crippen LogP contribution in [-0.2, 0) is 13.1 Å². The van der Waals surface area contributed by atoms with E-state index in [1.54, 1.807) is 41.0 Å². The molecular formula is C32H27Cl2N5O6. The number of hydrogen-bond acceptors (Lipinski definition) is 8. The first kappa shape index (κ1) is 30.5.